The number of halogens is 1. The molecule has 6 nitrogen and oxygen atoms in total. The summed E-state index contributed by atoms with van der Waals surface area (Å²) in [7, 11) is 0. The van der Waals surface area contributed by atoms with Crippen molar-refractivity contribution < 1.29 is 13.6 Å². The van der Waals surface area contributed by atoms with Crippen molar-refractivity contribution in [2.75, 3.05) is 0 Å². The Morgan fingerprint density at radius 3 is 2.77 bits per heavy atom. The van der Waals surface area contributed by atoms with Crippen molar-refractivity contribution in [1.82, 2.24) is 20.1 Å². The molecule has 7 heteroatoms. The van der Waals surface area contributed by atoms with E-state index in [4.69, 9.17) is 4.42 Å². The number of rotatable bonds is 6. The highest BCUT2D eigenvalue weighted by Gasteiger charge is 2.26. The largest absolute Gasteiger partial charge is 0.419 e. The molecule has 3 aromatic rings. The van der Waals surface area contributed by atoms with Crippen molar-refractivity contribution in [1.29, 1.82) is 0 Å². The van der Waals surface area contributed by atoms with E-state index in [-0.39, 0.29) is 18.3 Å². The van der Waals surface area contributed by atoms with E-state index in [9.17, 15) is 9.18 Å². The fourth-order valence-electron chi connectivity index (χ4n) is 2.92. The minimum atomic E-state index is -0.294. The van der Waals surface area contributed by atoms with Crippen molar-refractivity contribution in [2.24, 2.45) is 0 Å². The van der Waals surface area contributed by atoms with E-state index < -0.39 is 0 Å². The molecule has 1 N–H and O–H groups in total. The summed E-state index contributed by atoms with van der Waals surface area (Å²) in [4.78, 5) is 12.2. The molecule has 0 aliphatic heterocycles. The van der Waals surface area contributed by atoms with Gasteiger partial charge in [0.05, 0.1) is 0 Å². The van der Waals surface area contributed by atoms with Gasteiger partial charge in [-0.1, -0.05) is 18.6 Å². The maximum absolute atomic E-state index is 12.9. The number of amides is 1. The van der Waals surface area contributed by atoms with Gasteiger partial charge in [0.25, 0.3) is 5.89 Å². The van der Waals surface area contributed by atoms with E-state index in [1.165, 1.54) is 18.6 Å². The van der Waals surface area contributed by atoms with Crippen molar-refractivity contribution in [3.63, 3.8) is 0 Å². The van der Waals surface area contributed by atoms with Crippen LogP contribution in [0.15, 0.2) is 47.0 Å². The minimum absolute atomic E-state index is 0.144. The highest BCUT2D eigenvalue weighted by atomic mass is 19.1. The summed E-state index contributed by atoms with van der Waals surface area (Å²) in [5.74, 6) is 1.05. The van der Waals surface area contributed by atoms with Gasteiger partial charge in [-0.15, -0.1) is 10.2 Å². The molecular formula is C19H19FN4O2. The van der Waals surface area contributed by atoms with Gasteiger partial charge in [-0.3, -0.25) is 4.79 Å². The van der Waals surface area contributed by atoms with Gasteiger partial charge < -0.3 is 14.3 Å². The molecule has 2 heterocycles. The van der Waals surface area contributed by atoms with Crippen molar-refractivity contribution >= 4 is 5.91 Å². The van der Waals surface area contributed by atoms with Gasteiger partial charge in [0.2, 0.25) is 11.8 Å². The normalized spacial score (nSPS) is 14.2. The Morgan fingerprint density at radius 1 is 1.23 bits per heavy atom. The van der Waals surface area contributed by atoms with E-state index in [0.29, 0.717) is 24.2 Å². The fourth-order valence-corrected chi connectivity index (χ4v) is 2.92. The van der Waals surface area contributed by atoms with E-state index in [1.807, 2.05) is 12.1 Å². The first-order valence-corrected chi connectivity index (χ1v) is 8.69. The molecule has 134 valence electrons. The lowest BCUT2D eigenvalue weighted by atomic mass is 9.85. The molecular weight excluding hydrogens is 335 g/mol. The summed E-state index contributed by atoms with van der Waals surface area (Å²) in [5, 5.41) is 11.1. The number of carbonyl (C=O) groups is 1. The third-order valence-corrected chi connectivity index (χ3v) is 4.66. The van der Waals surface area contributed by atoms with Crippen molar-refractivity contribution in [2.45, 2.75) is 38.3 Å². The Balaban J connectivity index is 1.39. The lowest BCUT2D eigenvalue weighted by Crippen LogP contribution is -2.27. The van der Waals surface area contributed by atoms with Gasteiger partial charge in [-0.05, 0) is 42.7 Å². The van der Waals surface area contributed by atoms with Gasteiger partial charge in [0.1, 0.15) is 18.1 Å². The molecule has 0 atom stereocenters. The number of aromatic nitrogens is 3. The van der Waals surface area contributed by atoms with Crippen LogP contribution in [0.1, 0.15) is 36.6 Å². The third kappa shape index (κ3) is 3.51. The monoisotopic (exact) mass is 354 g/mol. The second kappa shape index (κ2) is 7.11. The maximum Gasteiger partial charge on any atom is 0.264 e. The molecule has 0 bridgehead atoms. The number of hydrogen-bond acceptors (Lipinski definition) is 4. The smallest absolute Gasteiger partial charge is 0.264 e. The molecule has 0 spiro atoms. The molecule has 1 aromatic carbocycles. The summed E-state index contributed by atoms with van der Waals surface area (Å²) in [5.41, 5.74) is 1.56. The highest BCUT2D eigenvalue weighted by Crippen LogP contribution is 2.36. The van der Waals surface area contributed by atoms with Crippen LogP contribution in [0.2, 0.25) is 0 Å². The Bertz CT molecular complexity index is 896. The lowest BCUT2D eigenvalue weighted by Gasteiger charge is -2.20. The Morgan fingerprint density at radius 2 is 2.04 bits per heavy atom. The van der Waals surface area contributed by atoms with Crippen LogP contribution in [0.3, 0.4) is 0 Å². The Hall–Kier alpha value is -2.96. The zero-order chi connectivity index (χ0) is 17.9. The van der Waals surface area contributed by atoms with Gasteiger partial charge in [0, 0.05) is 18.7 Å². The zero-order valence-electron chi connectivity index (χ0n) is 14.2. The second-order valence-corrected chi connectivity index (χ2v) is 6.50. The first-order chi connectivity index (χ1) is 12.7. The van der Waals surface area contributed by atoms with Crippen LogP contribution >= 0.6 is 0 Å². The number of nitrogens with zero attached hydrogens (tertiary/aromatic N) is 3. The Labute approximate surface area is 150 Å². The van der Waals surface area contributed by atoms with Gasteiger partial charge in [-0.25, -0.2) is 4.39 Å². The number of carbonyl (C=O) groups excluding carboxylic acids is 1. The summed E-state index contributed by atoms with van der Waals surface area (Å²) in [6, 6.07) is 9.75. The first kappa shape index (κ1) is 16.5. The molecule has 1 aliphatic rings. The predicted molar refractivity (Wildman–Crippen MR) is 92.6 cm³/mol. The van der Waals surface area contributed by atoms with Crippen molar-refractivity contribution in [3.8, 4) is 11.6 Å². The SMILES string of the molecule is O=C(Cn1cccc1-c1nnc(C2CCC2)o1)NCc1ccc(F)cc1. The van der Waals surface area contributed by atoms with E-state index in [2.05, 4.69) is 15.5 Å². The number of benzene rings is 1. The summed E-state index contributed by atoms with van der Waals surface area (Å²) in [6.45, 7) is 0.493. The number of hydrogen-bond donors (Lipinski definition) is 1. The molecule has 1 aliphatic carbocycles. The van der Waals surface area contributed by atoms with Crippen LogP contribution in [0.5, 0.6) is 0 Å². The van der Waals surface area contributed by atoms with Crippen LogP contribution in [0, 0.1) is 5.82 Å². The van der Waals surface area contributed by atoms with Crippen LogP contribution in [0.25, 0.3) is 11.6 Å². The van der Waals surface area contributed by atoms with E-state index in [1.54, 1.807) is 22.9 Å². The van der Waals surface area contributed by atoms with Gasteiger partial charge in [-0.2, -0.15) is 0 Å². The molecule has 0 unspecified atom stereocenters. The van der Waals surface area contributed by atoms with E-state index in [0.717, 1.165) is 24.1 Å². The fraction of sp³-hybridized carbons (Fsp3) is 0.316. The average molecular weight is 354 g/mol. The molecule has 1 saturated carbocycles. The Kier molecular flexibility index (Phi) is 4.51. The van der Waals surface area contributed by atoms with Crippen LogP contribution in [-0.4, -0.2) is 20.7 Å². The van der Waals surface area contributed by atoms with Crippen LogP contribution in [0.4, 0.5) is 4.39 Å². The molecule has 1 amide bonds. The minimum Gasteiger partial charge on any atom is -0.419 e. The molecule has 26 heavy (non-hydrogen) atoms. The number of nitrogens with one attached hydrogen (secondary N) is 1. The molecule has 0 saturated heterocycles. The van der Waals surface area contributed by atoms with Crippen molar-refractivity contribution in [3.05, 3.63) is 59.9 Å². The maximum atomic E-state index is 12.9. The first-order valence-electron chi connectivity index (χ1n) is 8.69. The quantitative estimate of drug-likeness (QED) is 0.737. The third-order valence-electron chi connectivity index (χ3n) is 4.66. The van der Waals surface area contributed by atoms with E-state index >= 15 is 0 Å². The van der Waals surface area contributed by atoms with Gasteiger partial charge >= 0.3 is 0 Å². The standard InChI is InChI=1S/C19H19FN4O2/c20-15-8-6-13(7-9-15)11-21-17(25)12-24-10-2-5-16(24)19-23-22-18(26-19)14-3-1-4-14/h2,5-10,14H,1,3-4,11-12H2,(H,21,25). The molecule has 2 aromatic heterocycles. The van der Waals surface area contributed by atoms with Crippen LogP contribution in [-0.2, 0) is 17.9 Å². The summed E-state index contributed by atoms with van der Waals surface area (Å²) in [6.07, 6.45) is 5.19. The summed E-state index contributed by atoms with van der Waals surface area (Å²) >= 11 is 0. The lowest BCUT2D eigenvalue weighted by molar-refractivity contribution is -0.121. The highest BCUT2D eigenvalue weighted by molar-refractivity contribution is 5.76. The zero-order valence-corrected chi connectivity index (χ0v) is 14.2. The average Bonchev–Trinajstić information content (AvgIpc) is 3.22. The summed E-state index contributed by atoms with van der Waals surface area (Å²) < 4.78 is 20.5. The molecule has 4 rings (SSSR count). The van der Waals surface area contributed by atoms with Crippen LogP contribution < -0.4 is 5.32 Å². The molecule has 1 fully saturated rings. The second-order valence-electron chi connectivity index (χ2n) is 6.50. The van der Waals surface area contributed by atoms with Gasteiger partial charge in [0.15, 0.2) is 0 Å². The topological polar surface area (TPSA) is 73.0 Å². The molecule has 0 radical (unpaired) electrons. The predicted octanol–water partition coefficient (Wildman–Crippen LogP) is 3.26.